The predicted molar refractivity (Wildman–Crippen MR) is 98.7 cm³/mol. The SMILES string of the molecule is CN=C(NCc1ccc(F)cc1)Nc1cccc(OCCCOC)c1. The molecular formula is C19H24FN3O2. The molecule has 134 valence electrons. The lowest BCUT2D eigenvalue weighted by atomic mass is 10.2. The average molecular weight is 345 g/mol. The molecule has 0 saturated heterocycles. The zero-order valence-electron chi connectivity index (χ0n) is 14.6. The van der Waals surface area contributed by atoms with Gasteiger partial charge in [0, 0.05) is 45.5 Å². The van der Waals surface area contributed by atoms with Gasteiger partial charge in [-0.2, -0.15) is 0 Å². The van der Waals surface area contributed by atoms with Crippen LogP contribution < -0.4 is 15.4 Å². The molecule has 0 heterocycles. The monoisotopic (exact) mass is 345 g/mol. The number of hydrogen-bond acceptors (Lipinski definition) is 3. The highest BCUT2D eigenvalue weighted by molar-refractivity contribution is 5.93. The molecule has 6 heteroatoms. The Morgan fingerprint density at radius 1 is 1.12 bits per heavy atom. The van der Waals surface area contributed by atoms with Gasteiger partial charge >= 0.3 is 0 Å². The van der Waals surface area contributed by atoms with Crippen LogP contribution in [0.15, 0.2) is 53.5 Å². The molecule has 0 aliphatic carbocycles. The molecule has 2 N–H and O–H groups in total. The van der Waals surface area contributed by atoms with Crippen molar-refractivity contribution in [1.82, 2.24) is 5.32 Å². The molecule has 2 aromatic carbocycles. The lowest BCUT2D eigenvalue weighted by molar-refractivity contribution is 0.172. The third-order valence-electron chi connectivity index (χ3n) is 3.46. The summed E-state index contributed by atoms with van der Waals surface area (Å²) in [6.45, 7) is 1.83. The van der Waals surface area contributed by atoms with Crippen molar-refractivity contribution in [2.24, 2.45) is 4.99 Å². The predicted octanol–water partition coefficient (Wildman–Crippen LogP) is 3.43. The minimum atomic E-state index is -0.242. The van der Waals surface area contributed by atoms with Crippen molar-refractivity contribution in [3.05, 3.63) is 59.9 Å². The van der Waals surface area contributed by atoms with Crippen molar-refractivity contribution in [3.8, 4) is 5.75 Å². The van der Waals surface area contributed by atoms with Crippen molar-refractivity contribution in [2.45, 2.75) is 13.0 Å². The number of methoxy groups -OCH3 is 1. The lowest BCUT2D eigenvalue weighted by Gasteiger charge is -2.13. The molecule has 0 fully saturated rings. The quantitative estimate of drug-likeness (QED) is 0.437. The van der Waals surface area contributed by atoms with E-state index in [1.54, 1.807) is 26.3 Å². The molecule has 0 aliphatic heterocycles. The zero-order valence-corrected chi connectivity index (χ0v) is 14.6. The number of benzene rings is 2. The zero-order chi connectivity index (χ0) is 17.9. The first-order valence-electron chi connectivity index (χ1n) is 8.15. The largest absolute Gasteiger partial charge is 0.493 e. The molecular weight excluding hydrogens is 321 g/mol. The minimum Gasteiger partial charge on any atom is -0.493 e. The molecule has 0 amide bonds. The maximum atomic E-state index is 12.9. The second-order valence-electron chi connectivity index (χ2n) is 5.40. The number of hydrogen-bond donors (Lipinski definition) is 2. The topological polar surface area (TPSA) is 54.9 Å². The van der Waals surface area contributed by atoms with Crippen LogP contribution in [0.5, 0.6) is 5.75 Å². The molecule has 5 nitrogen and oxygen atoms in total. The van der Waals surface area contributed by atoms with Crippen molar-refractivity contribution < 1.29 is 13.9 Å². The highest BCUT2D eigenvalue weighted by atomic mass is 19.1. The Balaban J connectivity index is 1.86. The average Bonchev–Trinajstić information content (AvgIpc) is 2.64. The number of aliphatic imine (C=N–C) groups is 1. The van der Waals surface area contributed by atoms with Gasteiger partial charge in [-0.25, -0.2) is 4.39 Å². The van der Waals surface area contributed by atoms with Crippen LogP contribution in [-0.4, -0.2) is 33.3 Å². The van der Waals surface area contributed by atoms with Crippen LogP contribution in [0.2, 0.25) is 0 Å². The lowest BCUT2D eigenvalue weighted by Crippen LogP contribution is -2.30. The Bertz CT molecular complexity index is 675. The van der Waals surface area contributed by atoms with Gasteiger partial charge in [0.1, 0.15) is 11.6 Å². The summed E-state index contributed by atoms with van der Waals surface area (Å²) in [6.07, 6.45) is 0.842. The maximum Gasteiger partial charge on any atom is 0.195 e. The number of nitrogens with one attached hydrogen (secondary N) is 2. The Labute approximate surface area is 147 Å². The van der Waals surface area contributed by atoms with E-state index in [-0.39, 0.29) is 5.82 Å². The third kappa shape index (κ3) is 6.81. The number of nitrogens with zero attached hydrogens (tertiary/aromatic N) is 1. The van der Waals surface area contributed by atoms with Crippen LogP contribution in [0.25, 0.3) is 0 Å². The number of ether oxygens (including phenoxy) is 2. The summed E-state index contributed by atoms with van der Waals surface area (Å²) < 4.78 is 23.6. The number of rotatable bonds is 8. The van der Waals surface area contributed by atoms with E-state index in [9.17, 15) is 4.39 Å². The summed E-state index contributed by atoms with van der Waals surface area (Å²) in [5.41, 5.74) is 1.84. The Morgan fingerprint density at radius 3 is 2.64 bits per heavy atom. The van der Waals surface area contributed by atoms with Crippen molar-refractivity contribution in [2.75, 3.05) is 32.7 Å². The van der Waals surface area contributed by atoms with E-state index in [0.717, 1.165) is 23.4 Å². The second-order valence-corrected chi connectivity index (χ2v) is 5.40. The second kappa shape index (κ2) is 10.3. The normalized spacial score (nSPS) is 11.2. The highest BCUT2D eigenvalue weighted by Crippen LogP contribution is 2.17. The summed E-state index contributed by atoms with van der Waals surface area (Å²) >= 11 is 0. The van der Waals surface area contributed by atoms with Gasteiger partial charge in [-0.3, -0.25) is 4.99 Å². The van der Waals surface area contributed by atoms with E-state index in [4.69, 9.17) is 9.47 Å². The summed E-state index contributed by atoms with van der Waals surface area (Å²) in [6, 6.07) is 14.0. The van der Waals surface area contributed by atoms with Gasteiger partial charge < -0.3 is 20.1 Å². The fourth-order valence-corrected chi connectivity index (χ4v) is 2.16. The molecule has 0 aromatic heterocycles. The van der Waals surface area contributed by atoms with Crippen LogP contribution >= 0.6 is 0 Å². The Kier molecular flexibility index (Phi) is 7.72. The van der Waals surface area contributed by atoms with Gasteiger partial charge in [0.25, 0.3) is 0 Å². The standard InChI is InChI=1S/C19H24FN3O2/c1-21-19(22-14-15-7-9-16(20)10-8-15)23-17-5-3-6-18(13-17)25-12-4-11-24-2/h3,5-10,13H,4,11-12,14H2,1-2H3,(H2,21,22,23). The van der Waals surface area contributed by atoms with Crippen LogP contribution in [-0.2, 0) is 11.3 Å². The van der Waals surface area contributed by atoms with E-state index in [1.807, 2.05) is 24.3 Å². The van der Waals surface area contributed by atoms with Gasteiger partial charge in [0.15, 0.2) is 5.96 Å². The first-order chi connectivity index (χ1) is 12.2. The van der Waals surface area contributed by atoms with Gasteiger partial charge in [0.05, 0.1) is 6.61 Å². The summed E-state index contributed by atoms with van der Waals surface area (Å²) in [4.78, 5) is 4.20. The molecule has 2 aromatic rings. The van der Waals surface area contributed by atoms with E-state index in [1.165, 1.54) is 12.1 Å². The van der Waals surface area contributed by atoms with Gasteiger partial charge in [-0.1, -0.05) is 18.2 Å². The number of halogens is 1. The molecule has 2 rings (SSSR count). The molecule has 0 unspecified atom stereocenters. The Hall–Kier alpha value is -2.60. The first-order valence-corrected chi connectivity index (χ1v) is 8.15. The van der Waals surface area contributed by atoms with Crippen LogP contribution in [0.4, 0.5) is 10.1 Å². The summed E-state index contributed by atoms with van der Waals surface area (Å²) in [5.74, 6) is 1.17. The van der Waals surface area contributed by atoms with Crippen LogP contribution in [0, 0.1) is 5.82 Å². The third-order valence-corrected chi connectivity index (χ3v) is 3.46. The van der Waals surface area contributed by atoms with Crippen molar-refractivity contribution >= 4 is 11.6 Å². The molecule has 0 bridgehead atoms. The maximum absolute atomic E-state index is 12.9. The molecule has 25 heavy (non-hydrogen) atoms. The number of anilines is 1. The first kappa shape index (κ1) is 18.7. The summed E-state index contributed by atoms with van der Waals surface area (Å²) in [7, 11) is 3.38. The van der Waals surface area contributed by atoms with Gasteiger partial charge in [-0.05, 0) is 29.8 Å². The molecule has 0 aliphatic rings. The van der Waals surface area contributed by atoms with E-state index >= 15 is 0 Å². The minimum absolute atomic E-state index is 0.242. The molecule has 0 radical (unpaired) electrons. The van der Waals surface area contributed by atoms with E-state index < -0.39 is 0 Å². The fraction of sp³-hybridized carbons (Fsp3) is 0.316. The summed E-state index contributed by atoms with van der Waals surface area (Å²) in [5, 5.41) is 6.40. The van der Waals surface area contributed by atoms with Crippen molar-refractivity contribution in [3.63, 3.8) is 0 Å². The van der Waals surface area contributed by atoms with Crippen molar-refractivity contribution in [1.29, 1.82) is 0 Å². The highest BCUT2D eigenvalue weighted by Gasteiger charge is 2.02. The molecule has 0 saturated carbocycles. The van der Waals surface area contributed by atoms with Gasteiger partial charge in [0.2, 0.25) is 0 Å². The van der Waals surface area contributed by atoms with E-state index in [2.05, 4.69) is 15.6 Å². The fourth-order valence-electron chi connectivity index (χ4n) is 2.16. The van der Waals surface area contributed by atoms with Crippen LogP contribution in [0.1, 0.15) is 12.0 Å². The molecule has 0 atom stereocenters. The molecule has 0 spiro atoms. The van der Waals surface area contributed by atoms with Gasteiger partial charge in [-0.15, -0.1) is 0 Å². The smallest absolute Gasteiger partial charge is 0.195 e. The Morgan fingerprint density at radius 2 is 1.92 bits per heavy atom. The van der Waals surface area contributed by atoms with E-state index in [0.29, 0.717) is 25.7 Å². The van der Waals surface area contributed by atoms with Crippen LogP contribution in [0.3, 0.4) is 0 Å². The number of guanidine groups is 1.